The zero-order valence-electron chi connectivity index (χ0n) is 11.5. The van der Waals surface area contributed by atoms with Crippen LogP contribution in [0, 0.1) is 5.92 Å². The number of piperidine rings is 1. The largest absolute Gasteiger partial charge is 0.380 e. The number of rotatable bonds is 4. The third kappa shape index (κ3) is 4.29. The van der Waals surface area contributed by atoms with E-state index < -0.39 is 10.0 Å². The van der Waals surface area contributed by atoms with Gasteiger partial charge < -0.3 is 10.1 Å². The smallest absolute Gasteiger partial charge is 0.219 e. The second-order valence-electron chi connectivity index (χ2n) is 5.28. The number of ether oxygens (including phenoxy) is 1. The molecule has 2 rings (SSSR count). The maximum absolute atomic E-state index is 12.4. The van der Waals surface area contributed by atoms with Gasteiger partial charge in [-0.25, -0.2) is 12.7 Å². The van der Waals surface area contributed by atoms with Crippen LogP contribution < -0.4 is 5.32 Å². The van der Waals surface area contributed by atoms with Gasteiger partial charge in [0.1, 0.15) is 0 Å². The van der Waals surface area contributed by atoms with E-state index in [1.807, 2.05) is 7.05 Å². The van der Waals surface area contributed by atoms with Crippen LogP contribution in [0.15, 0.2) is 0 Å². The molecular weight excluding hydrogens is 288 g/mol. The van der Waals surface area contributed by atoms with E-state index in [-0.39, 0.29) is 17.7 Å². The van der Waals surface area contributed by atoms with Crippen molar-refractivity contribution in [2.75, 3.05) is 39.9 Å². The molecule has 0 aromatic rings. The van der Waals surface area contributed by atoms with Gasteiger partial charge in [0.15, 0.2) is 0 Å². The van der Waals surface area contributed by atoms with Gasteiger partial charge in [-0.3, -0.25) is 0 Å². The Morgan fingerprint density at radius 2 is 1.95 bits per heavy atom. The van der Waals surface area contributed by atoms with E-state index in [4.69, 9.17) is 4.74 Å². The summed E-state index contributed by atoms with van der Waals surface area (Å²) >= 11 is 0. The number of nitrogens with one attached hydrogen (secondary N) is 1. The van der Waals surface area contributed by atoms with Crippen LogP contribution in [-0.4, -0.2) is 57.9 Å². The summed E-state index contributed by atoms with van der Waals surface area (Å²) < 4.78 is 31.9. The highest BCUT2D eigenvalue weighted by Crippen LogP contribution is 2.24. The summed E-state index contributed by atoms with van der Waals surface area (Å²) in [5, 5.41) is 2.85. The molecule has 0 bridgehead atoms. The number of hydrogen-bond acceptors (Lipinski definition) is 4. The van der Waals surface area contributed by atoms with Crippen molar-refractivity contribution in [2.45, 2.75) is 30.9 Å². The van der Waals surface area contributed by atoms with Crippen molar-refractivity contribution in [3.05, 3.63) is 0 Å². The van der Waals surface area contributed by atoms with Crippen LogP contribution in [-0.2, 0) is 14.8 Å². The third-order valence-corrected chi connectivity index (χ3v) is 6.27. The molecule has 7 heteroatoms. The summed E-state index contributed by atoms with van der Waals surface area (Å²) in [6.07, 6.45) is 3.54. The Labute approximate surface area is 122 Å². The molecule has 19 heavy (non-hydrogen) atoms. The minimum absolute atomic E-state index is 0. The minimum atomic E-state index is -3.14. The Kier molecular flexibility index (Phi) is 7.04. The van der Waals surface area contributed by atoms with Crippen molar-refractivity contribution in [2.24, 2.45) is 5.92 Å². The average Bonchev–Trinajstić information content (AvgIpc) is 2.41. The van der Waals surface area contributed by atoms with Crippen molar-refractivity contribution < 1.29 is 13.2 Å². The topological polar surface area (TPSA) is 58.6 Å². The first kappa shape index (κ1) is 17.2. The molecule has 1 atom stereocenters. The Balaban J connectivity index is 0.00000180. The SMILES string of the molecule is CNCC1CCN(S(=O)(=O)C2CCCOC2)CC1.Cl. The lowest BCUT2D eigenvalue weighted by atomic mass is 9.98. The van der Waals surface area contributed by atoms with Crippen LogP contribution in [0.25, 0.3) is 0 Å². The fourth-order valence-corrected chi connectivity index (χ4v) is 4.69. The molecule has 0 amide bonds. The monoisotopic (exact) mass is 312 g/mol. The zero-order valence-corrected chi connectivity index (χ0v) is 13.1. The molecule has 2 aliphatic heterocycles. The van der Waals surface area contributed by atoms with E-state index in [2.05, 4.69) is 5.32 Å². The van der Waals surface area contributed by atoms with Gasteiger partial charge in [0.2, 0.25) is 10.0 Å². The lowest BCUT2D eigenvalue weighted by Crippen LogP contribution is -2.46. The molecule has 2 fully saturated rings. The van der Waals surface area contributed by atoms with Gasteiger partial charge in [-0.15, -0.1) is 12.4 Å². The molecule has 0 aromatic heterocycles. The van der Waals surface area contributed by atoms with Crippen molar-refractivity contribution >= 4 is 22.4 Å². The fourth-order valence-electron chi connectivity index (χ4n) is 2.81. The Bertz CT molecular complexity index is 350. The van der Waals surface area contributed by atoms with Gasteiger partial charge in [0.25, 0.3) is 0 Å². The van der Waals surface area contributed by atoms with Crippen LogP contribution in [0.5, 0.6) is 0 Å². The summed E-state index contributed by atoms with van der Waals surface area (Å²) in [5.41, 5.74) is 0. The molecule has 0 spiro atoms. The Morgan fingerprint density at radius 1 is 1.26 bits per heavy atom. The van der Waals surface area contributed by atoms with Gasteiger partial charge in [-0.2, -0.15) is 0 Å². The van der Waals surface area contributed by atoms with Gasteiger partial charge in [-0.05, 0) is 45.2 Å². The molecule has 0 aliphatic carbocycles. The predicted octanol–water partition coefficient (Wildman–Crippen LogP) is 0.848. The van der Waals surface area contributed by atoms with E-state index in [1.54, 1.807) is 4.31 Å². The molecule has 1 unspecified atom stereocenters. The first-order valence-electron chi connectivity index (χ1n) is 6.86. The molecular formula is C12H25ClN2O3S. The highest BCUT2D eigenvalue weighted by Gasteiger charge is 2.35. The zero-order chi connectivity index (χ0) is 13.0. The molecule has 2 aliphatic rings. The molecule has 0 saturated carbocycles. The van der Waals surface area contributed by atoms with Crippen LogP contribution in [0.2, 0.25) is 0 Å². The van der Waals surface area contributed by atoms with E-state index in [1.165, 1.54) is 0 Å². The molecule has 0 aromatic carbocycles. The lowest BCUT2D eigenvalue weighted by Gasteiger charge is -2.34. The Morgan fingerprint density at radius 3 is 2.47 bits per heavy atom. The molecule has 2 saturated heterocycles. The summed E-state index contributed by atoms with van der Waals surface area (Å²) in [6.45, 7) is 3.41. The number of sulfonamides is 1. The van der Waals surface area contributed by atoms with Crippen LogP contribution in [0.3, 0.4) is 0 Å². The van der Waals surface area contributed by atoms with Gasteiger partial charge in [0.05, 0.1) is 11.9 Å². The van der Waals surface area contributed by atoms with E-state index in [9.17, 15) is 8.42 Å². The van der Waals surface area contributed by atoms with Crippen LogP contribution in [0.4, 0.5) is 0 Å². The maximum atomic E-state index is 12.4. The normalized spacial score (nSPS) is 26.9. The van der Waals surface area contributed by atoms with Gasteiger partial charge in [0, 0.05) is 19.7 Å². The third-order valence-electron chi connectivity index (χ3n) is 3.97. The second-order valence-corrected chi connectivity index (χ2v) is 7.50. The molecule has 114 valence electrons. The fraction of sp³-hybridized carbons (Fsp3) is 1.00. The van der Waals surface area contributed by atoms with Crippen molar-refractivity contribution in [3.63, 3.8) is 0 Å². The van der Waals surface area contributed by atoms with Crippen molar-refractivity contribution in [1.82, 2.24) is 9.62 Å². The Hall–Kier alpha value is 0.120. The number of halogens is 1. The quantitative estimate of drug-likeness (QED) is 0.836. The van der Waals surface area contributed by atoms with Gasteiger partial charge in [-0.1, -0.05) is 0 Å². The van der Waals surface area contributed by atoms with Crippen LogP contribution in [0.1, 0.15) is 25.7 Å². The van der Waals surface area contributed by atoms with Crippen molar-refractivity contribution in [1.29, 1.82) is 0 Å². The summed E-state index contributed by atoms with van der Waals surface area (Å²) in [7, 11) is -1.19. The molecule has 5 nitrogen and oxygen atoms in total. The van der Waals surface area contributed by atoms with Gasteiger partial charge >= 0.3 is 0 Å². The standard InChI is InChI=1S/C12H24N2O3S.ClH/c1-13-9-11-4-6-14(7-5-11)18(15,16)12-3-2-8-17-10-12;/h11-13H,2-10H2,1H3;1H. The predicted molar refractivity (Wildman–Crippen MR) is 78.2 cm³/mol. The maximum Gasteiger partial charge on any atom is 0.219 e. The lowest BCUT2D eigenvalue weighted by molar-refractivity contribution is 0.0968. The van der Waals surface area contributed by atoms with Crippen molar-refractivity contribution in [3.8, 4) is 0 Å². The van der Waals surface area contributed by atoms with Crippen LogP contribution >= 0.6 is 12.4 Å². The van der Waals surface area contributed by atoms with E-state index in [0.29, 0.717) is 32.2 Å². The average molecular weight is 313 g/mol. The van der Waals surface area contributed by atoms with E-state index >= 15 is 0 Å². The molecule has 2 heterocycles. The first-order valence-corrected chi connectivity index (χ1v) is 8.36. The summed E-state index contributed by atoms with van der Waals surface area (Å²) in [6, 6.07) is 0. The van der Waals surface area contributed by atoms with E-state index in [0.717, 1.165) is 32.2 Å². The highest BCUT2D eigenvalue weighted by atomic mass is 35.5. The molecule has 1 N–H and O–H groups in total. The summed E-state index contributed by atoms with van der Waals surface area (Å²) in [4.78, 5) is 0. The second kappa shape index (κ2) is 7.78. The number of hydrogen-bond donors (Lipinski definition) is 1. The number of nitrogens with zero attached hydrogens (tertiary/aromatic N) is 1. The first-order chi connectivity index (χ1) is 8.64. The minimum Gasteiger partial charge on any atom is -0.380 e. The highest BCUT2D eigenvalue weighted by molar-refractivity contribution is 7.89. The summed E-state index contributed by atoms with van der Waals surface area (Å²) in [5.74, 6) is 0.615. The molecule has 0 radical (unpaired) electrons.